The van der Waals surface area contributed by atoms with Crippen molar-refractivity contribution in [2.45, 2.75) is 37.5 Å². The van der Waals surface area contributed by atoms with Crippen molar-refractivity contribution in [3.8, 4) is 0 Å². The van der Waals surface area contributed by atoms with E-state index in [1.54, 1.807) is 0 Å². The molecule has 0 bridgehead atoms. The first kappa shape index (κ1) is 10.3. The highest BCUT2D eigenvalue weighted by Crippen LogP contribution is 2.40. The number of carbonyl (C=O) groups excluding carboxylic acids is 1. The number of benzene rings is 1. The van der Waals surface area contributed by atoms with Gasteiger partial charge in [0.2, 0.25) is 0 Å². The van der Waals surface area contributed by atoms with E-state index in [4.69, 9.17) is 0 Å². The summed E-state index contributed by atoms with van der Waals surface area (Å²) in [7, 11) is 0. The number of halogens is 1. The molecule has 0 radical (unpaired) electrons. The van der Waals surface area contributed by atoms with Gasteiger partial charge in [-0.1, -0.05) is 49.6 Å². The molecule has 0 N–H and O–H groups in total. The molecule has 0 saturated heterocycles. The monoisotopic (exact) mass is 206 g/mol. The summed E-state index contributed by atoms with van der Waals surface area (Å²) >= 11 is 0. The van der Waals surface area contributed by atoms with Gasteiger partial charge in [0.1, 0.15) is 0 Å². The van der Waals surface area contributed by atoms with Gasteiger partial charge in [-0.05, 0) is 18.4 Å². The van der Waals surface area contributed by atoms with E-state index in [0.717, 1.165) is 24.8 Å². The van der Waals surface area contributed by atoms with Crippen molar-refractivity contribution < 1.29 is 9.18 Å². The van der Waals surface area contributed by atoms with Crippen LogP contribution in [0.25, 0.3) is 0 Å². The summed E-state index contributed by atoms with van der Waals surface area (Å²) in [6.45, 7) is 0. The van der Waals surface area contributed by atoms with Gasteiger partial charge in [-0.15, -0.1) is 0 Å². The Hall–Kier alpha value is -1.18. The van der Waals surface area contributed by atoms with Crippen LogP contribution in [0.4, 0.5) is 4.39 Å². The summed E-state index contributed by atoms with van der Waals surface area (Å²) in [6.07, 6.45) is 4.33. The highest BCUT2D eigenvalue weighted by Gasteiger charge is 2.41. The molecule has 0 atom stereocenters. The molecule has 1 fully saturated rings. The molecule has 0 aromatic heterocycles. The first-order chi connectivity index (χ1) is 7.26. The molecule has 15 heavy (non-hydrogen) atoms. The van der Waals surface area contributed by atoms with Gasteiger partial charge >= 0.3 is 6.04 Å². The highest BCUT2D eigenvalue weighted by molar-refractivity contribution is 5.82. The zero-order valence-electron chi connectivity index (χ0n) is 8.71. The normalized spacial score (nSPS) is 19.8. The van der Waals surface area contributed by atoms with Gasteiger partial charge < -0.3 is 0 Å². The predicted octanol–water partition coefficient (Wildman–Crippen LogP) is 3.38. The molecule has 1 nitrogen and oxygen atoms in total. The molecule has 80 valence electrons. The van der Waals surface area contributed by atoms with Crippen LogP contribution in [0.5, 0.6) is 0 Å². The van der Waals surface area contributed by atoms with Crippen LogP contribution < -0.4 is 0 Å². The van der Waals surface area contributed by atoms with Crippen molar-refractivity contribution in [3.05, 3.63) is 35.9 Å². The summed E-state index contributed by atoms with van der Waals surface area (Å²) in [4.78, 5) is 11.3. The van der Waals surface area contributed by atoms with E-state index in [1.165, 1.54) is 0 Å². The van der Waals surface area contributed by atoms with Gasteiger partial charge in [-0.3, -0.25) is 4.79 Å². The second-order valence-electron chi connectivity index (χ2n) is 4.28. The fourth-order valence-electron chi connectivity index (χ4n) is 2.51. The fraction of sp³-hybridized carbons (Fsp3) is 0.462. The molecule has 1 aliphatic carbocycles. The van der Waals surface area contributed by atoms with Crippen molar-refractivity contribution in [1.29, 1.82) is 0 Å². The Morgan fingerprint density at radius 3 is 2.20 bits per heavy atom. The van der Waals surface area contributed by atoms with E-state index in [0.29, 0.717) is 12.8 Å². The Morgan fingerprint density at radius 2 is 1.67 bits per heavy atom. The fourth-order valence-corrected chi connectivity index (χ4v) is 2.51. The third kappa shape index (κ3) is 1.81. The van der Waals surface area contributed by atoms with Crippen molar-refractivity contribution in [3.63, 3.8) is 0 Å². The van der Waals surface area contributed by atoms with Crippen molar-refractivity contribution in [1.82, 2.24) is 0 Å². The molecule has 2 rings (SSSR count). The molecule has 1 aliphatic rings. The van der Waals surface area contributed by atoms with Crippen molar-refractivity contribution in [2.24, 2.45) is 0 Å². The van der Waals surface area contributed by atoms with Crippen LogP contribution in [0.2, 0.25) is 0 Å². The van der Waals surface area contributed by atoms with Gasteiger partial charge in [-0.25, -0.2) is 0 Å². The Balaban J connectivity index is 2.38. The Labute approximate surface area is 89.3 Å². The third-order valence-corrected chi connectivity index (χ3v) is 3.41. The summed E-state index contributed by atoms with van der Waals surface area (Å²) in [5.74, 6) is 0. The molecule has 1 aromatic carbocycles. The first-order valence-electron chi connectivity index (χ1n) is 5.51. The van der Waals surface area contributed by atoms with Crippen LogP contribution in [-0.4, -0.2) is 6.04 Å². The maximum atomic E-state index is 13.3. The molecular weight excluding hydrogens is 191 g/mol. The molecule has 0 heterocycles. The number of carbonyl (C=O) groups is 1. The Kier molecular flexibility index (Phi) is 2.85. The van der Waals surface area contributed by atoms with Gasteiger partial charge in [0, 0.05) is 0 Å². The average molecular weight is 206 g/mol. The van der Waals surface area contributed by atoms with E-state index >= 15 is 0 Å². The lowest BCUT2D eigenvalue weighted by Crippen LogP contribution is -2.35. The summed E-state index contributed by atoms with van der Waals surface area (Å²) in [5, 5.41) is 0. The molecule has 0 amide bonds. The molecule has 0 spiro atoms. The summed E-state index contributed by atoms with van der Waals surface area (Å²) in [6, 6.07) is 8.20. The lowest BCUT2D eigenvalue weighted by Gasteiger charge is -2.33. The number of hydrogen-bond acceptors (Lipinski definition) is 1. The highest BCUT2D eigenvalue weighted by atomic mass is 19.1. The first-order valence-corrected chi connectivity index (χ1v) is 5.51. The molecule has 0 aliphatic heterocycles. The predicted molar refractivity (Wildman–Crippen MR) is 57.3 cm³/mol. The van der Waals surface area contributed by atoms with E-state index < -0.39 is 11.5 Å². The van der Waals surface area contributed by atoms with Crippen LogP contribution in [0.3, 0.4) is 0 Å². The topological polar surface area (TPSA) is 17.1 Å². The van der Waals surface area contributed by atoms with E-state index in [9.17, 15) is 9.18 Å². The minimum atomic E-state index is -1.16. The zero-order valence-corrected chi connectivity index (χ0v) is 8.71. The van der Waals surface area contributed by atoms with Gasteiger partial charge in [0.15, 0.2) is 0 Å². The standard InChI is InChI=1S/C13H15FO/c14-12(15)13(9-5-2-6-10-13)11-7-3-1-4-8-11/h1,3-4,7-8H,2,5-6,9-10H2. The number of hydrogen-bond donors (Lipinski definition) is 0. The smallest absolute Gasteiger partial charge is 0.260 e. The van der Waals surface area contributed by atoms with Crippen molar-refractivity contribution in [2.75, 3.05) is 0 Å². The second-order valence-corrected chi connectivity index (χ2v) is 4.28. The summed E-state index contributed by atoms with van der Waals surface area (Å²) < 4.78 is 13.3. The maximum Gasteiger partial charge on any atom is 0.311 e. The van der Waals surface area contributed by atoms with Crippen LogP contribution >= 0.6 is 0 Å². The number of rotatable bonds is 2. The zero-order chi connectivity index (χ0) is 10.7. The quantitative estimate of drug-likeness (QED) is 0.678. The minimum absolute atomic E-state index is 0.659. The van der Waals surface area contributed by atoms with Gasteiger partial charge in [-0.2, -0.15) is 4.39 Å². The molecule has 0 unspecified atom stereocenters. The lowest BCUT2D eigenvalue weighted by atomic mass is 9.70. The Morgan fingerprint density at radius 1 is 1.07 bits per heavy atom. The van der Waals surface area contributed by atoms with Gasteiger partial charge in [0.05, 0.1) is 5.41 Å². The molecular formula is C13H15FO. The van der Waals surface area contributed by atoms with Crippen LogP contribution in [0.15, 0.2) is 30.3 Å². The average Bonchev–Trinajstić information content (AvgIpc) is 2.31. The molecule has 1 aromatic rings. The van der Waals surface area contributed by atoms with E-state index in [2.05, 4.69) is 0 Å². The largest absolute Gasteiger partial charge is 0.311 e. The minimum Gasteiger partial charge on any atom is -0.260 e. The van der Waals surface area contributed by atoms with E-state index in [-0.39, 0.29) is 0 Å². The maximum absolute atomic E-state index is 13.3. The Bertz CT molecular complexity index is 339. The van der Waals surface area contributed by atoms with Crippen LogP contribution in [0, 0.1) is 0 Å². The van der Waals surface area contributed by atoms with Crippen LogP contribution in [-0.2, 0) is 10.2 Å². The lowest BCUT2D eigenvalue weighted by molar-refractivity contribution is -0.136. The van der Waals surface area contributed by atoms with Crippen LogP contribution in [0.1, 0.15) is 37.7 Å². The summed E-state index contributed by atoms with van der Waals surface area (Å²) in [5.41, 5.74) is 0.0108. The van der Waals surface area contributed by atoms with Gasteiger partial charge in [0.25, 0.3) is 0 Å². The third-order valence-electron chi connectivity index (χ3n) is 3.41. The van der Waals surface area contributed by atoms with E-state index in [1.807, 2.05) is 30.3 Å². The van der Waals surface area contributed by atoms with Crippen molar-refractivity contribution >= 4 is 6.04 Å². The SMILES string of the molecule is O=C(F)C1(c2ccccc2)CCCCC1. The molecule has 1 saturated carbocycles. The molecule has 2 heteroatoms. The second kappa shape index (κ2) is 4.13.